The first-order valence-corrected chi connectivity index (χ1v) is 7.70. The second kappa shape index (κ2) is 8.29. The Balaban J connectivity index is 1.92. The lowest BCUT2D eigenvalue weighted by Gasteiger charge is -2.18. The Bertz CT molecular complexity index is 611. The van der Waals surface area contributed by atoms with Crippen molar-refractivity contribution >= 4 is 11.7 Å². The lowest BCUT2D eigenvalue weighted by Crippen LogP contribution is -2.31. The normalized spacial score (nSPS) is 10.6. The van der Waals surface area contributed by atoms with Crippen molar-refractivity contribution in [3.8, 4) is 0 Å². The third-order valence-corrected chi connectivity index (χ3v) is 3.51. The average molecular weight is 312 g/mol. The maximum atomic E-state index is 12.0. The first kappa shape index (κ1) is 17.0. The smallest absolute Gasteiger partial charge is 0.252 e. The molecule has 1 aromatic carbocycles. The van der Waals surface area contributed by atoms with E-state index in [0.29, 0.717) is 12.1 Å². The van der Waals surface area contributed by atoms with Gasteiger partial charge in [-0.25, -0.2) is 4.98 Å². The molecule has 5 nitrogen and oxygen atoms in total. The van der Waals surface area contributed by atoms with Crippen LogP contribution in [0.3, 0.4) is 0 Å². The zero-order valence-electron chi connectivity index (χ0n) is 14.0. The number of nitrogens with zero attached hydrogens (tertiary/aromatic N) is 3. The number of likely N-dealkylation sites (N-methyl/N-ethyl adjacent to an activating group) is 1. The first-order chi connectivity index (χ1) is 11.1. The molecule has 23 heavy (non-hydrogen) atoms. The van der Waals surface area contributed by atoms with Crippen molar-refractivity contribution in [2.75, 3.05) is 39.1 Å². The summed E-state index contributed by atoms with van der Waals surface area (Å²) >= 11 is 0. The zero-order chi connectivity index (χ0) is 16.7. The van der Waals surface area contributed by atoms with Crippen LogP contribution in [0, 0.1) is 0 Å². The summed E-state index contributed by atoms with van der Waals surface area (Å²) in [7, 11) is 5.95. The lowest BCUT2D eigenvalue weighted by atomic mass is 10.2. The van der Waals surface area contributed by atoms with Gasteiger partial charge in [0.1, 0.15) is 5.82 Å². The van der Waals surface area contributed by atoms with Crippen LogP contribution in [0.5, 0.6) is 0 Å². The number of hydrogen-bond donors (Lipinski definition) is 1. The number of benzene rings is 1. The van der Waals surface area contributed by atoms with E-state index in [9.17, 15) is 4.79 Å². The van der Waals surface area contributed by atoms with E-state index in [4.69, 9.17) is 0 Å². The van der Waals surface area contributed by atoms with Gasteiger partial charge in [0, 0.05) is 32.9 Å². The number of hydrogen-bond acceptors (Lipinski definition) is 4. The van der Waals surface area contributed by atoms with Crippen molar-refractivity contribution in [2.45, 2.75) is 6.54 Å². The molecular weight excluding hydrogens is 288 g/mol. The Morgan fingerprint density at radius 3 is 2.43 bits per heavy atom. The van der Waals surface area contributed by atoms with Crippen LogP contribution >= 0.6 is 0 Å². The van der Waals surface area contributed by atoms with Crippen LogP contribution in [0.25, 0.3) is 0 Å². The summed E-state index contributed by atoms with van der Waals surface area (Å²) < 4.78 is 0. The van der Waals surface area contributed by atoms with Crippen LogP contribution < -0.4 is 10.2 Å². The van der Waals surface area contributed by atoms with E-state index >= 15 is 0 Å². The Kier molecular flexibility index (Phi) is 6.11. The average Bonchev–Trinajstić information content (AvgIpc) is 2.55. The minimum Gasteiger partial charge on any atom is -0.355 e. The number of rotatable bonds is 7. The Morgan fingerprint density at radius 2 is 1.83 bits per heavy atom. The quantitative estimate of drug-likeness (QED) is 0.850. The third kappa shape index (κ3) is 5.38. The molecule has 122 valence electrons. The van der Waals surface area contributed by atoms with Gasteiger partial charge < -0.3 is 15.1 Å². The van der Waals surface area contributed by atoms with E-state index in [0.717, 1.165) is 18.9 Å². The van der Waals surface area contributed by atoms with Gasteiger partial charge in [-0.1, -0.05) is 30.3 Å². The number of amides is 1. The number of aromatic nitrogens is 1. The van der Waals surface area contributed by atoms with Gasteiger partial charge in [0.05, 0.1) is 5.56 Å². The SMILES string of the molecule is CN(C)CCNC(=O)c1ccc(N(C)Cc2ccccc2)nc1. The molecule has 0 spiro atoms. The highest BCUT2D eigenvalue weighted by molar-refractivity contribution is 5.94. The Labute approximate surface area is 137 Å². The van der Waals surface area contributed by atoms with Gasteiger partial charge in [0.25, 0.3) is 5.91 Å². The number of pyridine rings is 1. The van der Waals surface area contributed by atoms with Crippen LogP contribution in [-0.4, -0.2) is 50.0 Å². The molecule has 0 radical (unpaired) electrons. The Hall–Kier alpha value is -2.40. The van der Waals surface area contributed by atoms with E-state index in [1.165, 1.54) is 5.56 Å². The largest absolute Gasteiger partial charge is 0.355 e. The van der Waals surface area contributed by atoms with Crippen LogP contribution in [0.2, 0.25) is 0 Å². The first-order valence-electron chi connectivity index (χ1n) is 7.70. The van der Waals surface area contributed by atoms with Gasteiger partial charge in [0.15, 0.2) is 0 Å². The molecule has 0 atom stereocenters. The Morgan fingerprint density at radius 1 is 1.09 bits per heavy atom. The molecule has 0 fully saturated rings. The van der Waals surface area contributed by atoms with E-state index in [-0.39, 0.29) is 5.91 Å². The molecule has 0 saturated carbocycles. The molecule has 2 aromatic rings. The third-order valence-electron chi connectivity index (χ3n) is 3.51. The van der Waals surface area contributed by atoms with Crippen molar-refractivity contribution in [3.05, 3.63) is 59.8 Å². The van der Waals surface area contributed by atoms with E-state index in [1.807, 2.05) is 56.4 Å². The predicted molar refractivity (Wildman–Crippen MR) is 93.7 cm³/mol. The molecule has 0 aliphatic heterocycles. The van der Waals surface area contributed by atoms with Crippen molar-refractivity contribution in [1.29, 1.82) is 0 Å². The van der Waals surface area contributed by atoms with E-state index in [1.54, 1.807) is 6.20 Å². The van der Waals surface area contributed by atoms with Gasteiger partial charge in [0.2, 0.25) is 0 Å². The molecule has 0 aliphatic carbocycles. The number of anilines is 1. The van der Waals surface area contributed by atoms with Crippen molar-refractivity contribution in [3.63, 3.8) is 0 Å². The summed E-state index contributed by atoms with van der Waals surface area (Å²) in [6, 6.07) is 13.9. The van der Waals surface area contributed by atoms with Gasteiger partial charge in [-0.3, -0.25) is 4.79 Å². The summed E-state index contributed by atoms with van der Waals surface area (Å²) in [5, 5.41) is 2.88. The standard InChI is InChI=1S/C18H24N4O/c1-21(2)12-11-19-18(23)16-9-10-17(20-13-16)22(3)14-15-7-5-4-6-8-15/h4-10,13H,11-12,14H2,1-3H3,(H,19,23). The van der Waals surface area contributed by atoms with Crippen molar-refractivity contribution in [1.82, 2.24) is 15.2 Å². The molecule has 1 N–H and O–H groups in total. The monoisotopic (exact) mass is 312 g/mol. The van der Waals surface area contributed by atoms with Crippen molar-refractivity contribution < 1.29 is 4.79 Å². The minimum absolute atomic E-state index is 0.0865. The fraction of sp³-hybridized carbons (Fsp3) is 0.333. The fourth-order valence-corrected chi connectivity index (χ4v) is 2.18. The summed E-state index contributed by atoms with van der Waals surface area (Å²) in [5.41, 5.74) is 1.81. The predicted octanol–water partition coefficient (Wildman–Crippen LogP) is 2.01. The highest BCUT2D eigenvalue weighted by Crippen LogP contribution is 2.13. The van der Waals surface area contributed by atoms with E-state index in [2.05, 4.69) is 27.3 Å². The van der Waals surface area contributed by atoms with Gasteiger partial charge in [-0.05, 0) is 31.8 Å². The molecule has 1 aromatic heterocycles. The van der Waals surface area contributed by atoms with Crippen LogP contribution in [0.4, 0.5) is 5.82 Å². The zero-order valence-corrected chi connectivity index (χ0v) is 14.0. The molecule has 5 heteroatoms. The van der Waals surface area contributed by atoms with Crippen molar-refractivity contribution in [2.24, 2.45) is 0 Å². The van der Waals surface area contributed by atoms with Gasteiger partial charge >= 0.3 is 0 Å². The van der Waals surface area contributed by atoms with Crippen LogP contribution in [0.15, 0.2) is 48.7 Å². The molecule has 2 rings (SSSR count). The molecule has 0 saturated heterocycles. The summed E-state index contributed by atoms with van der Waals surface area (Å²) in [6.45, 7) is 2.22. The highest BCUT2D eigenvalue weighted by atomic mass is 16.1. The maximum Gasteiger partial charge on any atom is 0.252 e. The molecule has 0 unspecified atom stereocenters. The van der Waals surface area contributed by atoms with Gasteiger partial charge in [-0.2, -0.15) is 0 Å². The second-order valence-corrected chi connectivity index (χ2v) is 5.81. The van der Waals surface area contributed by atoms with Crippen LogP contribution in [-0.2, 0) is 6.54 Å². The number of carbonyl (C=O) groups excluding carboxylic acids is 1. The topological polar surface area (TPSA) is 48.5 Å². The maximum absolute atomic E-state index is 12.0. The number of carbonyl (C=O) groups is 1. The lowest BCUT2D eigenvalue weighted by molar-refractivity contribution is 0.0950. The van der Waals surface area contributed by atoms with Gasteiger partial charge in [-0.15, -0.1) is 0 Å². The summed E-state index contributed by atoms with van der Waals surface area (Å²) in [4.78, 5) is 20.5. The fourth-order valence-electron chi connectivity index (χ4n) is 2.18. The molecule has 0 bridgehead atoms. The molecule has 1 amide bonds. The summed E-state index contributed by atoms with van der Waals surface area (Å²) in [6.07, 6.45) is 1.63. The molecular formula is C18H24N4O. The van der Waals surface area contributed by atoms with E-state index < -0.39 is 0 Å². The molecule has 1 heterocycles. The molecule has 0 aliphatic rings. The highest BCUT2D eigenvalue weighted by Gasteiger charge is 2.08. The second-order valence-electron chi connectivity index (χ2n) is 5.81. The number of nitrogens with one attached hydrogen (secondary N) is 1. The summed E-state index contributed by atoms with van der Waals surface area (Å²) in [5.74, 6) is 0.760. The minimum atomic E-state index is -0.0865. The van der Waals surface area contributed by atoms with Crippen LogP contribution in [0.1, 0.15) is 15.9 Å².